The zero-order valence-corrected chi connectivity index (χ0v) is 20.1. The minimum Gasteiger partial charge on any atom is -0.493 e. The largest absolute Gasteiger partial charge is 0.493 e. The van der Waals surface area contributed by atoms with E-state index < -0.39 is 17.8 Å². The third-order valence-electron chi connectivity index (χ3n) is 5.11. The number of ether oxygens (including phenoxy) is 2. The van der Waals surface area contributed by atoms with Gasteiger partial charge < -0.3 is 14.8 Å². The fourth-order valence-electron chi connectivity index (χ4n) is 3.38. The maximum absolute atomic E-state index is 13.9. The van der Waals surface area contributed by atoms with Crippen LogP contribution in [-0.2, 0) is 17.9 Å². The van der Waals surface area contributed by atoms with Gasteiger partial charge in [0.15, 0.2) is 11.5 Å². The molecule has 4 rings (SSSR count). The van der Waals surface area contributed by atoms with Crippen molar-refractivity contribution in [1.29, 1.82) is 0 Å². The summed E-state index contributed by atoms with van der Waals surface area (Å²) >= 11 is 2.06. The summed E-state index contributed by atoms with van der Waals surface area (Å²) in [4.78, 5) is 26.2. The molecule has 0 unspecified atom stereocenters. The molecule has 3 amide bonds. The van der Waals surface area contributed by atoms with Crippen LogP contribution in [0.1, 0.15) is 16.7 Å². The minimum absolute atomic E-state index is 0.0198. The molecule has 0 spiro atoms. The maximum Gasteiger partial charge on any atom is 0.329 e. The third kappa shape index (κ3) is 5.19. The Kier molecular flexibility index (Phi) is 7.11. The molecule has 34 heavy (non-hydrogen) atoms. The lowest BCUT2D eigenvalue weighted by molar-refractivity contribution is -0.123. The number of rotatable bonds is 7. The Morgan fingerprint density at radius 2 is 1.79 bits per heavy atom. The van der Waals surface area contributed by atoms with Crippen molar-refractivity contribution < 1.29 is 27.8 Å². The Morgan fingerprint density at radius 1 is 1.06 bits per heavy atom. The van der Waals surface area contributed by atoms with Gasteiger partial charge in [0.25, 0.3) is 5.91 Å². The van der Waals surface area contributed by atoms with Gasteiger partial charge in [0.05, 0.1) is 17.2 Å². The highest BCUT2D eigenvalue weighted by atomic mass is 127. The van der Waals surface area contributed by atoms with Crippen molar-refractivity contribution >= 4 is 40.6 Å². The first kappa shape index (κ1) is 23.7. The molecule has 0 aliphatic carbocycles. The van der Waals surface area contributed by atoms with Gasteiger partial charge in [-0.2, -0.15) is 0 Å². The standard InChI is InChI=1S/C25H19F2IN2O4/c1-33-22-12-16(10-20(28)23(22)34-14-17-4-2-3-5-19(17)27)11-21-24(31)30(25(32)29-21)13-15-6-8-18(26)9-7-15/h2-12H,13-14H2,1H3,(H,29,32)/b21-11+. The van der Waals surface area contributed by atoms with Crippen LogP contribution in [0.25, 0.3) is 6.08 Å². The van der Waals surface area contributed by atoms with E-state index in [4.69, 9.17) is 9.47 Å². The zero-order valence-electron chi connectivity index (χ0n) is 18.0. The van der Waals surface area contributed by atoms with Crippen molar-refractivity contribution in [1.82, 2.24) is 10.2 Å². The van der Waals surface area contributed by atoms with Crippen molar-refractivity contribution in [3.05, 3.63) is 98.3 Å². The summed E-state index contributed by atoms with van der Waals surface area (Å²) in [5, 5.41) is 2.57. The second-order valence-corrected chi connectivity index (χ2v) is 8.58. The first-order valence-electron chi connectivity index (χ1n) is 10.2. The van der Waals surface area contributed by atoms with Crippen LogP contribution in [0.4, 0.5) is 13.6 Å². The highest BCUT2D eigenvalue weighted by Crippen LogP contribution is 2.35. The quantitative estimate of drug-likeness (QED) is 0.237. The van der Waals surface area contributed by atoms with Gasteiger partial charge in [-0.1, -0.05) is 30.3 Å². The van der Waals surface area contributed by atoms with Gasteiger partial charge in [-0.3, -0.25) is 9.69 Å². The van der Waals surface area contributed by atoms with E-state index in [-0.39, 0.29) is 24.7 Å². The van der Waals surface area contributed by atoms with Gasteiger partial charge in [0.2, 0.25) is 0 Å². The van der Waals surface area contributed by atoms with E-state index in [0.29, 0.717) is 31.8 Å². The van der Waals surface area contributed by atoms with Crippen molar-refractivity contribution in [2.75, 3.05) is 7.11 Å². The minimum atomic E-state index is -0.563. The zero-order chi connectivity index (χ0) is 24.2. The molecular weight excluding hydrogens is 557 g/mol. The topological polar surface area (TPSA) is 67.9 Å². The summed E-state index contributed by atoms with van der Waals surface area (Å²) < 4.78 is 39.0. The van der Waals surface area contributed by atoms with E-state index in [0.717, 1.165) is 4.90 Å². The molecule has 0 atom stereocenters. The number of urea groups is 1. The summed E-state index contributed by atoms with van der Waals surface area (Å²) in [6.07, 6.45) is 1.54. The van der Waals surface area contributed by atoms with Crippen LogP contribution in [0.2, 0.25) is 0 Å². The fourth-order valence-corrected chi connectivity index (χ4v) is 4.16. The highest BCUT2D eigenvalue weighted by molar-refractivity contribution is 14.1. The van der Waals surface area contributed by atoms with Crippen molar-refractivity contribution in [2.24, 2.45) is 0 Å². The Balaban J connectivity index is 1.53. The number of nitrogens with one attached hydrogen (secondary N) is 1. The van der Waals surface area contributed by atoms with Crippen LogP contribution in [0.15, 0.2) is 66.4 Å². The van der Waals surface area contributed by atoms with E-state index in [1.165, 1.54) is 43.5 Å². The molecule has 0 saturated carbocycles. The summed E-state index contributed by atoms with van der Waals surface area (Å²) in [6, 6.07) is 14.8. The van der Waals surface area contributed by atoms with Crippen LogP contribution >= 0.6 is 22.6 Å². The van der Waals surface area contributed by atoms with E-state index in [9.17, 15) is 18.4 Å². The second kappa shape index (κ2) is 10.2. The van der Waals surface area contributed by atoms with Gasteiger partial charge in [-0.25, -0.2) is 13.6 Å². The SMILES string of the molecule is COc1cc(/C=C2/NC(=O)N(Cc3ccc(F)cc3)C2=O)cc(I)c1OCc1ccccc1F. The van der Waals surface area contributed by atoms with Crippen LogP contribution in [-0.4, -0.2) is 23.9 Å². The maximum atomic E-state index is 13.9. The number of hydrogen-bond donors (Lipinski definition) is 1. The van der Waals surface area contributed by atoms with Gasteiger partial charge >= 0.3 is 6.03 Å². The molecule has 1 aliphatic rings. The molecule has 0 radical (unpaired) electrons. The lowest BCUT2D eigenvalue weighted by Gasteiger charge is -2.14. The molecule has 1 fully saturated rings. The highest BCUT2D eigenvalue weighted by Gasteiger charge is 2.33. The first-order valence-corrected chi connectivity index (χ1v) is 11.3. The molecule has 1 N–H and O–H groups in total. The van der Waals surface area contributed by atoms with Crippen molar-refractivity contribution in [3.63, 3.8) is 0 Å². The number of carbonyl (C=O) groups is 2. The average molecular weight is 576 g/mol. The van der Waals surface area contributed by atoms with Gasteiger partial charge in [-0.15, -0.1) is 0 Å². The van der Waals surface area contributed by atoms with Crippen LogP contribution in [0.5, 0.6) is 11.5 Å². The normalized spacial score (nSPS) is 14.5. The third-order valence-corrected chi connectivity index (χ3v) is 5.91. The van der Waals surface area contributed by atoms with Gasteiger partial charge in [-0.05, 0) is 70.1 Å². The van der Waals surface area contributed by atoms with Crippen LogP contribution < -0.4 is 14.8 Å². The van der Waals surface area contributed by atoms with Crippen LogP contribution in [0.3, 0.4) is 0 Å². The number of hydrogen-bond acceptors (Lipinski definition) is 4. The number of methoxy groups -OCH3 is 1. The van der Waals surface area contributed by atoms with E-state index in [2.05, 4.69) is 27.9 Å². The molecule has 1 saturated heterocycles. The Hall–Kier alpha value is -3.47. The fraction of sp³-hybridized carbons (Fsp3) is 0.120. The Bertz CT molecular complexity index is 1280. The molecule has 3 aromatic carbocycles. The van der Waals surface area contributed by atoms with E-state index >= 15 is 0 Å². The smallest absolute Gasteiger partial charge is 0.329 e. The number of benzene rings is 3. The number of nitrogens with zero attached hydrogens (tertiary/aromatic N) is 1. The van der Waals surface area contributed by atoms with E-state index in [1.807, 2.05) is 0 Å². The molecule has 3 aromatic rings. The summed E-state index contributed by atoms with van der Waals surface area (Å²) in [5.41, 5.74) is 1.74. The summed E-state index contributed by atoms with van der Waals surface area (Å²) in [7, 11) is 1.48. The number of amides is 3. The lowest BCUT2D eigenvalue weighted by Crippen LogP contribution is -2.30. The van der Waals surface area contributed by atoms with Crippen LogP contribution in [0, 0.1) is 15.2 Å². The van der Waals surface area contributed by atoms with Gasteiger partial charge in [0, 0.05) is 5.56 Å². The van der Waals surface area contributed by atoms with Crippen molar-refractivity contribution in [3.8, 4) is 11.5 Å². The van der Waals surface area contributed by atoms with Gasteiger partial charge in [0.1, 0.15) is 23.9 Å². The molecule has 0 aromatic heterocycles. The first-order chi connectivity index (χ1) is 16.4. The average Bonchev–Trinajstić information content (AvgIpc) is 3.07. The predicted octanol–water partition coefficient (Wildman–Crippen LogP) is 5.25. The number of halogens is 3. The molecule has 1 heterocycles. The monoisotopic (exact) mass is 576 g/mol. The summed E-state index contributed by atoms with van der Waals surface area (Å²) in [6.45, 7) is 0.0400. The Labute approximate surface area is 208 Å². The number of carbonyl (C=O) groups excluding carboxylic acids is 2. The molecular formula is C25H19F2IN2O4. The lowest BCUT2D eigenvalue weighted by atomic mass is 10.1. The van der Waals surface area contributed by atoms with E-state index in [1.54, 1.807) is 30.3 Å². The molecule has 174 valence electrons. The molecule has 6 nitrogen and oxygen atoms in total. The molecule has 9 heteroatoms. The number of imide groups is 1. The molecule has 0 bridgehead atoms. The second-order valence-electron chi connectivity index (χ2n) is 7.42. The predicted molar refractivity (Wildman–Crippen MR) is 130 cm³/mol. The summed E-state index contributed by atoms with van der Waals surface area (Å²) in [5.74, 6) is -0.420. The van der Waals surface area contributed by atoms with Crippen molar-refractivity contribution in [2.45, 2.75) is 13.2 Å². The molecule has 1 aliphatic heterocycles. The Morgan fingerprint density at radius 3 is 2.50 bits per heavy atom.